The molecule has 3 heteroatoms. The summed E-state index contributed by atoms with van der Waals surface area (Å²) in [7, 11) is 0. The second-order valence-corrected chi connectivity index (χ2v) is 5.03. The molecule has 0 atom stereocenters. The average molecular weight is 304 g/mol. The van der Waals surface area contributed by atoms with E-state index >= 15 is 0 Å². The predicted octanol–water partition coefficient (Wildman–Crippen LogP) is 4.05. The van der Waals surface area contributed by atoms with Crippen molar-refractivity contribution in [2.24, 2.45) is 0 Å². The van der Waals surface area contributed by atoms with Gasteiger partial charge in [-0.2, -0.15) is 0 Å². The summed E-state index contributed by atoms with van der Waals surface area (Å²) in [4.78, 5) is 16.2. The fourth-order valence-electron chi connectivity index (χ4n) is 1.75. The Morgan fingerprint density at radius 1 is 1.11 bits per heavy atom. The lowest BCUT2D eigenvalue weighted by molar-refractivity contribution is 0.0980. The largest absolute Gasteiger partial charge is 0.294 e. The smallest absolute Gasteiger partial charge is 0.162 e. The van der Waals surface area contributed by atoms with Crippen molar-refractivity contribution in [3.63, 3.8) is 0 Å². The van der Waals surface area contributed by atoms with Crippen LogP contribution in [0.15, 0.2) is 53.1 Å². The van der Waals surface area contributed by atoms with Crippen LogP contribution in [0.5, 0.6) is 0 Å². The zero-order chi connectivity index (χ0) is 12.8. The molecule has 0 saturated carbocycles. The lowest BCUT2D eigenvalue weighted by Crippen LogP contribution is -2.00. The molecule has 0 N–H and O–H groups in total. The topological polar surface area (TPSA) is 30.0 Å². The van der Waals surface area contributed by atoms with Crippen molar-refractivity contribution < 1.29 is 4.79 Å². The number of carbonyl (C=O) groups is 1. The van der Waals surface area contributed by atoms with Crippen LogP contribution < -0.4 is 0 Å². The molecule has 0 saturated heterocycles. The van der Waals surface area contributed by atoms with E-state index in [1.54, 1.807) is 6.20 Å². The van der Waals surface area contributed by atoms with Crippen molar-refractivity contribution >= 4 is 21.7 Å². The number of carbonyl (C=O) groups excluding carboxylic acids is 1. The van der Waals surface area contributed by atoms with Crippen LogP contribution in [-0.4, -0.2) is 10.8 Å². The van der Waals surface area contributed by atoms with Crippen LogP contribution in [0.2, 0.25) is 0 Å². The maximum atomic E-state index is 11.9. The quantitative estimate of drug-likeness (QED) is 0.780. The third-order valence-electron chi connectivity index (χ3n) is 2.72. The molecule has 1 aromatic heterocycles. The number of aryl methyl sites for hydroxylation is 1. The number of nitrogens with zero attached hydrogens (tertiary/aromatic N) is 1. The first-order valence-corrected chi connectivity index (χ1v) is 6.74. The minimum absolute atomic E-state index is 0.202. The maximum absolute atomic E-state index is 11.9. The van der Waals surface area contributed by atoms with Crippen molar-refractivity contribution in [2.45, 2.75) is 19.3 Å². The highest BCUT2D eigenvalue weighted by atomic mass is 79.9. The van der Waals surface area contributed by atoms with Crippen molar-refractivity contribution in [1.82, 2.24) is 4.98 Å². The molecule has 0 aliphatic carbocycles. The molecule has 0 amide bonds. The van der Waals surface area contributed by atoms with E-state index in [1.807, 2.05) is 42.5 Å². The highest BCUT2D eigenvalue weighted by Gasteiger charge is 2.04. The predicted molar refractivity (Wildman–Crippen MR) is 75.6 cm³/mol. The van der Waals surface area contributed by atoms with Gasteiger partial charge in [-0.15, -0.1) is 0 Å². The van der Waals surface area contributed by atoms with Crippen LogP contribution >= 0.6 is 15.9 Å². The first-order chi connectivity index (χ1) is 8.75. The van der Waals surface area contributed by atoms with Crippen LogP contribution in [0.4, 0.5) is 0 Å². The Morgan fingerprint density at radius 2 is 1.89 bits per heavy atom. The molecule has 0 spiro atoms. The molecule has 0 aliphatic rings. The summed E-state index contributed by atoms with van der Waals surface area (Å²) < 4.78 is 0.978. The standard InChI is InChI=1S/C15H14BrNO/c16-13-9-10-14(17-11-13)7-4-8-15(18)12-5-2-1-3-6-12/h1-3,5-6,9-11H,4,7-8H2. The minimum Gasteiger partial charge on any atom is -0.294 e. The lowest BCUT2D eigenvalue weighted by atomic mass is 10.0. The molecular formula is C15H14BrNO. The Hall–Kier alpha value is -1.48. The van der Waals surface area contributed by atoms with Crippen LogP contribution in [-0.2, 0) is 6.42 Å². The molecule has 1 heterocycles. The van der Waals surface area contributed by atoms with Gasteiger partial charge in [-0.3, -0.25) is 9.78 Å². The number of pyridine rings is 1. The van der Waals surface area contributed by atoms with Gasteiger partial charge in [-0.25, -0.2) is 0 Å². The molecule has 1 aromatic carbocycles. The van der Waals surface area contributed by atoms with Gasteiger partial charge >= 0.3 is 0 Å². The highest BCUT2D eigenvalue weighted by molar-refractivity contribution is 9.10. The Bertz CT molecular complexity index is 508. The second-order valence-electron chi connectivity index (χ2n) is 4.11. The second kappa shape index (κ2) is 6.45. The third-order valence-corrected chi connectivity index (χ3v) is 3.19. The van der Waals surface area contributed by atoms with E-state index in [0.717, 1.165) is 28.6 Å². The average Bonchev–Trinajstić information content (AvgIpc) is 2.42. The zero-order valence-electron chi connectivity index (χ0n) is 9.97. The SMILES string of the molecule is O=C(CCCc1ccc(Br)cn1)c1ccccc1. The van der Waals surface area contributed by atoms with E-state index in [-0.39, 0.29) is 5.78 Å². The monoisotopic (exact) mass is 303 g/mol. The highest BCUT2D eigenvalue weighted by Crippen LogP contribution is 2.11. The summed E-state index contributed by atoms with van der Waals surface area (Å²) in [5.41, 5.74) is 1.82. The molecular weight excluding hydrogens is 290 g/mol. The summed E-state index contributed by atoms with van der Waals surface area (Å²) in [6, 6.07) is 13.4. The summed E-state index contributed by atoms with van der Waals surface area (Å²) in [5, 5.41) is 0. The van der Waals surface area contributed by atoms with Gasteiger partial charge in [0, 0.05) is 28.3 Å². The molecule has 2 aromatic rings. The van der Waals surface area contributed by atoms with Gasteiger partial charge in [0.05, 0.1) is 0 Å². The molecule has 0 fully saturated rings. The van der Waals surface area contributed by atoms with Crippen LogP contribution in [0.25, 0.3) is 0 Å². The molecule has 0 bridgehead atoms. The summed E-state index contributed by atoms with van der Waals surface area (Å²) in [5.74, 6) is 0.202. The third kappa shape index (κ3) is 3.77. The molecule has 0 aliphatic heterocycles. The van der Waals surface area contributed by atoms with Gasteiger partial charge in [0.25, 0.3) is 0 Å². The fourth-order valence-corrected chi connectivity index (χ4v) is 1.99. The summed E-state index contributed by atoms with van der Waals surface area (Å²) in [6.45, 7) is 0. The van der Waals surface area contributed by atoms with E-state index in [4.69, 9.17) is 0 Å². The molecule has 2 nitrogen and oxygen atoms in total. The van der Waals surface area contributed by atoms with Crippen LogP contribution in [0.1, 0.15) is 28.9 Å². The molecule has 92 valence electrons. The number of hydrogen-bond donors (Lipinski definition) is 0. The minimum atomic E-state index is 0.202. The first kappa shape index (κ1) is 13.0. The van der Waals surface area contributed by atoms with E-state index in [9.17, 15) is 4.79 Å². The maximum Gasteiger partial charge on any atom is 0.162 e. The van der Waals surface area contributed by atoms with Gasteiger partial charge < -0.3 is 0 Å². The summed E-state index contributed by atoms with van der Waals surface area (Å²) >= 11 is 3.35. The van der Waals surface area contributed by atoms with Crippen molar-refractivity contribution in [3.8, 4) is 0 Å². The first-order valence-electron chi connectivity index (χ1n) is 5.94. The Labute approximate surface area is 115 Å². The molecule has 2 rings (SSSR count). The number of benzene rings is 1. The Kier molecular flexibility index (Phi) is 4.65. The Morgan fingerprint density at radius 3 is 2.56 bits per heavy atom. The van der Waals surface area contributed by atoms with Crippen LogP contribution in [0.3, 0.4) is 0 Å². The van der Waals surface area contributed by atoms with Gasteiger partial charge in [-0.1, -0.05) is 30.3 Å². The molecule has 18 heavy (non-hydrogen) atoms. The zero-order valence-corrected chi connectivity index (χ0v) is 11.6. The number of aromatic nitrogens is 1. The normalized spacial score (nSPS) is 10.3. The van der Waals surface area contributed by atoms with Gasteiger partial charge in [0.2, 0.25) is 0 Å². The number of rotatable bonds is 5. The van der Waals surface area contributed by atoms with E-state index in [2.05, 4.69) is 20.9 Å². The van der Waals surface area contributed by atoms with Gasteiger partial charge in [0.15, 0.2) is 5.78 Å². The number of hydrogen-bond acceptors (Lipinski definition) is 2. The lowest BCUT2D eigenvalue weighted by Gasteiger charge is -2.01. The fraction of sp³-hybridized carbons (Fsp3) is 0.200. The Balaban J connectivity index is 1.82. The molecule has 0 unspecified atom stereocenters. The van der Waals surface area contributed by atoms with E-state index in [1.165, 1.54) is 0 Å². The van der Waals surface area contributed by atoms with Crippen molar-refractivity contribution in [1.29, 1.82) is 0 Å². The van der Waals surface area contributed by atoms with Crippen molar-refractivity contribution in [3.05, 3.63) is 64.4 Å². The summed E-state index contributed by atoms with van der Waals surface area (Å²) in [6.07, 6.45) is 4.03. The van der Waals surface area contributed by atoms with Crippen molar-refractivity contribution in [2.75, 3.05) is 0 Å². The number of ketones is 1. The molecule has 0 radical (unpaired) electrons. The number of Topliss-reactive ketones (excluding diaryl/α,β-unsaturated/α-hetero) is 1. The van der Waals surface area contributed by atoms with E-state index in [0.29, 0.717) is 6.42 Å². The number of halogens is 1. The van der Waals surface area contributed by atoms with Crippen LogP contribution in [0, 0.1) is 0 Å². The van der Waals surface area contributed by atoms with Gasteiger partial charge in [0.1, 0.15) is 0 Å². The van der Waals surface area contributed by atoms with Gasteiger partial charge in [-0.05, 0) is 40.9 Å². The van der Waals surface area contributed by atoms with E-state index < -0.39 is 0 Å².